The summed E-state index contributed by atoms with van der Waals surface area (Å²) >= 11 is 9.37. The van der Waals surface area contributed by atoms with Crippen molar-refractivity contribution in [2.45, 2.75) is 37.6 Å². The van der Waals surface area contributed by atoms with Crippen LogP contribution in [0, 0.1) is 0 Å². The summed E-state index contributed by atoms with van der Waals surface area (Å²) in [7, 11) is 0. The summed E-state index contributed by atoms with van der Waals surface area (Å²) < 4.78 is 0.835. The number of hydrogen-bond donors (Lipinski definition) is 2. The fourth-order valence-corrected chi connectivity index (χ4v) is 3.02. The van der Waals surface area contributed by atoms with Crippen LogP contribution in [0.3, 0.4) is 0 Å². The summed E-state index contributed by atoms with van der Waals surface area (Å²) in [5.74, 6) is -0.165. The van der Waals surface area contributed by atoms with E-state index in [1.54, 1.807) is 12.1 Å². The van der Waals surface area contributed by atoms with E-state index in [0.717, 1.165) is 30.2 Å². The van der Waals surface area contributed by atoms with Gasteiger partial charge in [-0.25, -0.2) is 0 Å². The van der Waals surface area contributed by atoms with Gasteiger partial charge < -0.3 is 11.1 Å². The van der Waals surface area contributed by atoms with Crippen molar-refractivity contribution in [3.63, 3.8) is 0 Å². The molecule has 1 amide bonds. The molecule has 1 aliphatic carbocycles. The Balaban J connectivity index is 1.99. The Labute approximate surface area is 127 Å². The highest BCUT2D eigenvalue weighted by molar-refractivity contribution is 9.10. The first-order valence-corrected chi connectivity index (χ1v) is 7.69. The monoisotopic (exact) mass is 344 g/mol. The summed E-state index contributed by atoms with van der Waals surface area (Å²) in [5, 5.41) is 3.36. The van der Waals surface area contributed by atoms with E-state index in [2.05, 4.69) is 21.2 Å². The molecule has 0 radical (unpaired) electrons. The zero-order chi connectivity index (χ0) is 13.9. The van der Waals surface area contributed by atoms with E-state index >= 15 is 0 Å². The summed E-state index contributed by atoms with van der Waals surface area (Å²) in [5.41, 5.74) is 6.52. The molecule has 1 aliphatic rings. The zero-order valence-electron chi connectivity index (χ0n) is 10.7. The van der Waals surface area contributed by atoms with Gasteiger partial charge in [0.25, 0.3) is 5.91 Å². The van der Waals surface area contributed by atoms with Gasteiger partial charge in [0, 0.05) is 16.6 Å². The minimum atomic E-state index is -0.258. The molecule has 3 nitrogen and oxygen atoms in total. The second kappa shape index (κ2) is 6.25. The van der Waals surface area contributed by atoms with E-state index in [0.29, 0.717) is 17.1 Å². The topological polar surface area (TPSA) is 55.1 Å². The van der Waals surface area contributed by atoms with Crippen molar-refractivity contribution in [1.29, 1.82) is 0 Å². The average molecular weight is 346 g/mol. The van der Waals surface area contributed by atoms with Gasteiger partial charge in [0.15, 0.2) is 0 Å². The van der Waals surface area contributed by atoms with Gasteiger partial charge in [0.05, 0.1) is 10.6 Å². The summed E-state index contributed by atoms with van der Waals surface area (Å²) in [6.45, 7) is 0.509. The number of carbonyl (C=O) groups is 1. The van der Waals surface area contributed by atoms with Crippen LogP contribution in [0.15, 0.2) is 22.7 Å². The molecule has 0 aliphatic heterocycles. The lowest BCUT2D eigenvalue weighted by molar-refractivity contribution is 0.0938. The minimum absolute atomic E-state index is 0.165. The Bertz CT molecular complexity index is 473. The lowest BCUT2D eigenvalue weighted by atomic mass is 9.82. The molecule has 0 heterocycles. The second-order valence-corrected chi connectivity index (χ2v) is 6.55. The molecule has 0 atom stereocenters. The third-order valence-corrected chi connectivity index (χ3v) is 4.45. The molecular formula is C14H18BrClN2O. The van der Waals surface area contributed by atoms with Crippen LogP contribution >= 0.6 is 27.5 Å². The van der Waals surface area contributed by atoms with E-state index in [9.17, 15) is 4.79 Å². The molecule has 1 aromatic rings. The number of hydrogen-bond acceptors (Lipinski definition) is 2. The third kappa shape index (κ3) is 3.94. The van der Waals surface area contributed by atoms with Gasteiger partial charge >= 0.3 is 0 Å². The van der Waals surface area contributed by atoms with Gasteiger partial charge in [-0.2, -0.15) is 0 Å². The van der Waals surface area contributed by atoms with Crippen LogP contribution < -0.4 is 11.1 Å². The Hall–Kier alpha value is -0.580. The van der Waals surface area contributed by atoms with Gasteiger partial charge in [-0.05, 0) is 31.0 Å². The molecular weight excluding hydrogens is 328 g/mol. The number of nitrogens with one attached hydrogen (secondary N) is 1. The quantitative estimate of drug-likeness (QED) is 0.881. The molecule has 0 saturated heterocycles. The number of amides is 1. The number of carbonyl (C=O) groups excluding carboxylic acids is 1. The zero-order valence-corrected chi connectivity index (χ0v) is 13.1. The Kier molecular flexibility index (Phi) is 4.87. The van der Waals surface area contributed by atoms with Crippen LogP contribution in [0.4, 0.5) is 0 Å². The lowest BCUT2D eigenvalue weighted by Crippen LogP contribution is -2.51. The first-order valence-electron chi connectivity index (χ1n) is 6.52. The first-order chi connectivity index (χ1) is 9.00. The molecule has 0 unspecified atom stereocenters. The van der Waals surface area contributed by atoms with Crippen molar-refractivity contribution in [2.24, 2.45) is 5.73 Å². The minimum Gasteiger partial charge on any atom is -0.350 e. The highest BCUT2D eigenvalue weighted by Crippen LogP contribution is 2.26. The largest absolute Gasteiger partial charge is 0.350 e. The van der Waals surface area contributed by atoms with E-state index in [1.165, 1.54) is 6.42 Å². The normalized spacial score (nSPS) is 18.1. The van der Waals surface area contributed by atoms with Crippen LogP contribution in [0.1, 0.15) is 42.5 Å². The summed E-state index contributed by atoms with van der Waals surface area (Å²) in [4.78, 5) is 12.1. The third-order valence-electron chi connectivity index (χ3n) is 3.62. The van der Waals surface area contributed by atoms with Gasteiger partial charge in [0.1, 0.15) is 0 Å². The Morgan fingerprint density at radius 2 is 2.05 bits per heavy atom. The van der Waals surface area contributed by atoms with Crippen molar-refractivity contribution < 1.29 is 4.79 Å². The molecule has 5 heteroatoms. The second-order valence-electron chi connectivity index (χ2n) is 5.23. The summed E-state index contributed by atoms with van der Waals surface area (Å²) in [6, 6.07) is 5.24. The number of rotatable bonds is 3. The average Bonchev–Trinajstić information content (AvgIpc) is 2.40. The van der Waals surface area contributed by atoms with Crippen molar-refractivity contribution in [2.75, 3.05) is 6.54 Å². The maximum Gasteiger partial charge on any atom is 0.252 e. The molecule has 0 aromatic heterocycles. The SMILES string of the molecule is NC1(CNC(=O)c2cc(Br)ccc2Cl)CCCCC1. The van der Waals surface area contributed by atoms with Crippen molar-refractivity contribution in [3.8, 4) is 0 Å². The first kappa shape index (κ1) is 14.8. The number of halogens is 2. The van der Waals surface area contributed by atoms with E-state index in [4.69, 9.17) is 17.3 Å². The molecule has 1 saturated carbocycles. The van der Waals surface area contributed by atoms with E-state index in [-0.39, 0.29) is 11.4 Å². The molecule has 104 valence electrons. The van der Waals surface area contributed by atoms with Crippen molar-refractivity contribution in [3.05, 3.63) is 33.3 Å². The van der Waals surface area contributed by atoms with Crippen LogP contribution in [0.2, 0.25) is 5.02 Å². The maximum atomic E-state index is 12.1. The molecule has 2 rings (SSSR count). The number of nitrogens with two attached hydrogens (primary N) is 1. The lowest BCUT2D eigenvalue weighted by Gasteiger charge is -2.33. The highest BCUT2D eigenvalue weighted by Gasteiger charge is 2.28. The van der Waals surface area contributed by atoms with Gasteiger partial charge in [0.2, 0.25) is 0 Å². The van der Waals surface area contributed by atoms with Crippen molar-refractivity contribution >= 4 is 33.4 Å². The molecule has 0 bridgehead atoms. The van der Waals surface area contributed by atoms with E-state index < -0.39 is 0 Å². The smallest absolute Gasteiger partial charge is 0.252 e. The van der Waals surface area contributed by atoms with Gasteiger partial charge in [-0.15, -0.1) is 0 Å². The highest BCUT2D eigenvalue weighted by atomic mass is 79.9. The molecule has 19 heavy (non-hydrogen) atoms. The molecule has 3 N–H and O–H groups in total. The predicted molar refractivity (Wildman–Crippen MR) is 81.5 cm³/mol. The molecule has 1 aromatic carbocycles. The fourth-order valence-electron chi connectivity index (χ4n) is 2.46. The van der Waals surface area contributed by atoms with Crippen LogP contribution in [0.25, 0.3) is 0 Å². The Morgan fingerprint density at radius 3 is 2.74 bits per heavy atom. The van der Waals surface area contributed by atoms with Crippen molar-refractivity contribution in [1.82, 2.24) is 5.32 Å². The van der Waals surface area contributed by atoms with Gasteiger partial charge in [-0.1, -0.05) is 46.8 Å². The van der Waals surface area contributed by atoms with E-state index in [1.807, 2.05) is 6.07 Å². The molecule has 0 spiro atoms. The van der Waals surface area contributed by atoms with Crippen LogP contribution in [-0.2, 0) is 0 Å². The van der Waals surface area contributed by atoms with Gasteiger partial charge in [-0.3, -0.25) is 4.79 Å². The van der Waals surface area contributed by atoms with Crippen LogP contribution in [0.5, 0.6) is 0 Å². The fraction of sp³-hybridized carbons (Fsp3) is 0.500. The summed E-state index contributed by atoms with van der Waals surface area (Å²) in [6.07, 6.45) is 5.47. The molecule has 1 fully saturated rings. The van der Waals surface area contributed by atoms with Crippen LogP contribution in [-0.4, -0.2) is 18.0 Å². The Morgan fingerprint density at radius 1 is 1.37 bits per heavy atom. The predicted octanol–water partition coefficient (Wildman–Crippen LogP) is 3.49. The number of benzene rings is 1. The maximum absolute atomic E-state index is 12.1. The standard InChI is InChI=1S/C14H18BrClN2O/c15-10-4-5-12(16)11(8-10)13(19)18-9-14(17)6-2-1-3-7-14/h4-5,8H,1-3,6-7,9,17H2,(H,18,19).